The van der Waals surface area contributed by atoms with Crippen molar-refractivity contribution in [1.82, 2.24) is 5.32 Å². The molecular weight excluding hydrogens is 270 g/mol. The van der Waals surface area contributed by atoms with E-state index in [0.29, 0.717) is 12.2 Å². The predicted octanol–water partition coefficient (Wildman–Crippen LogP) is 1.36. The number of hydrogen-bond donors (Lipinski definition) is 2. The lowest BCUT2D eigenvalue weighted by Gasteiger charge is -2.35. The maximum absolute atomic E-state index is 11.6. The van der Waals surface area contributed by atoms with Gasteiger partial charge in [0.25, 0.3) is 0 Å². The van der Waals surface area contributed by atoms with E-state index in [1.165, 1.54) is 0 Å². The van der Waals surface area contributed by atoms with Gasteiger partial charge in [-0.05, 0) is 25.1 Å². The van der Waals surface area contributed by atoms with Crippen LogP contribution in [0.25, 0.3) is 0 Å². The predicted molar refractivity (Wildman–Crippen MR) is 68.4 cm³/mol. The zero-order chi connectivity index (χ0) is 11.7. The Morgan fingerprint density at radius 1 is 1.56 bits per heavy atom. The molecule has 1 amide bonds. The van der Waals surface area contributed by atoms with Gasteiger partial charge in [-0.3, -0.25) is 4.79 Å². The molecule has 0 bridgehead atoms. The number of piperazine rings is 1. The van der Waals surface area contributed by atoms with E-state index in [2.05, 4.69) is 21.2 Å². The zero-order valence-corrected chi connectivity index (χ0v) is 10.6. The molecule has 1 aliphatic rings. The van der Waals surface area contributed by atoms with Crippen molar-refractivity contribution in [3.63, 3.8) is 0 Å². The number of hydrogen-bond acceptors (Lipinski definition) is 3. The topological polar surface area (TPSA) is 58.4 Å². The molecule has 3 N–H and O–H groups in total. The molecule has 0 aliphatic carbocycles. The molecule has 0 radical (unpaired) electrons. The number of carbonyl (C=O) groups excluding carboxylic acids is 1. The molecule has 0 saturated carbocycles. The van der Waals surface area contributed by atoms with Gasteiger partial charge in [-0.25, -0.2) is 0 Å². The molecule has 1 aromatic rings. The molecule has 0 aromatic heterocycles. The molecule has 1 atom stereocenters. The van der Waals surface area contributed by atoms with Gasteiger partial charge in [0.05, 0.1) is 11.4 Å². The Morgan fingerprint density at radius 3 is 3.00 bits per heavy atom. The fourth-order valence-corrected chi connectivity index (χ4v) is 2.28. The van der Waals surface area contributed by atoms with Crippen molar-refractivity contribution >= 4 is 33.2 Å². The van der Waals surface area contributed by atoms with Crippen molar-refractivity contribution in [3.05, 3.63) is 22.7 Å². The van der Waals surface area contributed by atoms with Gasteiger partial charge >= 0.3 is 0 Å². The van der Waals surface area contributed by atoms with Crippen LogP contribution in [0.5, 0.6) is 0 Å². The van der Waals surface area contributed by atoms with Crippen LogP contribution < -0.4 is 16.0 Å². The molecule has 1 unspecified atom stereocenters. The first-order valence-corrected chi connectivity index (χ1v) is 5.98. The monoisotopic (exact) mass is 283 g/mol. The van der Waals surface area contributed by atoms with E-state index in [9.17, 15) is 4.79 Å². The Bertz CT molecular complexity index is 422. The maximum Gasteiger partial charge on any atom is 0.242 e. The summed E-state index contributed by atoms with van der Waals surface area (Å²) in [5.41, 5.74) is 7.57. The molecule has 4 nitrogen and oxygen atoms in total. The van der Waals surface area contributed by atoms with Crippen LogP contribution in [0, 0.1) is 0 Å². The van der Waals surface area contributed by atoms with E-state index >= 15 is 0 Å². The Kier molecular flexibility index (Phi) is 3.05. The second-order valence-electron chi connectivity index (χ2n) is 3.86. The summed E-state index contributed by atoms with van der Waals surface area (Å²) in [5.74, 6) is 0.0496. The highest BCUT2D eigenvalue weighted by Crippen LogP contribution is 2.28. The third-order valence-electron chi connectivity index (χ3n) is 2.80. The summed E-state index contributed by atoms with van der Waals surface area (Å²) in [5, 5.41) is 2.83. The van der Waals surface area contributed by atoms with E-state index < -0.39 is 0 Å². The van der Waals surface area contributed by atoms with Crippen molar-refractivity contribution in [3.8, 4) is 0 Å². The zero-order valence-electron chi connectivity index (χ0n) is 9.03. The summed E-state index contributed by atoms with van der Waals surface area (Å²) >= 11 is 3.37. The standard InChI is InChI=1S/C11H14BrN3O/c1-7-11(16)14-4-5-15(7)10-3-2-8(12)6-9(10)13/h2-3,6-7H,4-5,13H2,1H3,(H,14,16). The largest absolute Gasteiger partial charge is 0.397 e. The molecule has 1 aliphatic heterocycles. The highest BCUT2D eigenvalue weighted by Gasteiger charge is 2.26. The minimum Gasteiger partial charge on any atom is -0.397 e. The summed E-state index contributed by atoms with van der Waals surface area (Å²) in [6.45, 7) is 3.34. The lowest BCUT2D eigenvalue weighted by atomic mass is 10.1. The molecule has 16 heavy (non-hydrogen) atoms. The highest BCUT2D eigenvalue weighted by molar-refractivity contribution is 9.10. The Balaban J connectivity index is 2.32. The number of nitrogen functional groups attached to an aromatic ring is 1. The average Bonchev–Trinajstić information content (AvgIpc) is 2.23. The van der Waals surface area contributed by atoms with Crippen LogP contribution in [0.15, 0.2) is 22.7 Å². The molecule has 5 heteroatoms. The van der Waals surface area contributed by atoms with Crippen LogP contribution in [0.2, 0.25) is 0 Å². The van der Waals surface area contributed by atoms with Gasteiger partial charge in [-0.15, -0.1) is 0 Å². The number of nitrogens with one attached hydrogen (secondary N) is 1. The third kappa shape index (κ3) is 2.00. The van der Waals surface area contributed by atoms with Gasteiger partial charge in [-0.1, -0.05) is 15.9 Å². The van der Waals surface area contributed by atoms with Crippen molar-refractivity contribution in [1.29, 1.82) is 0 Å². The van der Waals surface area contributed by atoms with Crippen LogP contribution in [0.4, 0.5) is 11.4 Å². The van der Waals surface area contributed by atoms with Crippen LogP contribution in [-0.4, -0.2) is 25.0 Å². The summed E-state index contributed by atoms with van der Waals surface area (Å²) in [4.78, 5) is 13.6. The van der Waals surface area contributed by atoms with Gasteiger partial charge in [0, 0.05) is 17.6 Å². The smallest absolute Gasteiger partial charge is 0.242 e. The number of nitrogens with zero attached hydrogens (tertiary/aromatic N) is 1. The molecule has 1 heterocycles. The Hall–Kier alpha value is -1.23. The van der Waals surface area contributed by atoms with Gasteiger partial charge in [0.15, 0.2) is 0 Å². The Morgan fingerprint density at radius 2 is 2.31 bits per heavy atom. The molecule has 0 spiro atoms. The molecule has 1 fully saturated rings. The Labute approximate surface area is 103 Å². The first kappa shape index (κ1) is 11.3. The number of rotatable bonds is 1. The SMILES string of the molecule is CC1C(=O)NCCN1c1ccc(Br)cc1N. The van der Waals surface area contributed by atoms with E-state index in [1.54, 1.807) is 0 Å². The lowest BCUT2D eigenvalue weighted by molar-refractivity contribution is -0.122. The van der Waals surface area contributed by atoms with Gasteiger partial charge in [0.1, 0.15) is 6.04 Å². The highest BCUT2D eigenvalue weighted by atomic mass is 79.9. The van der Waals surface area contributed by atoms with Gasteiger partial charge in [-0.2, -0.15) is 0 Å². The van der Waals surface area contributed by atoms with E-state index in [0.717, 1.165) is 16.7 Å². The summed E-state index contributed by atoms with van der Waals surface area (Å²) in [7, 11) is 0. The third-order valence-corrected chi connectivity index (χ3v) is 3.29. The van der Waals surface area contributed by atoms with Crippen molar-refractivity contribution < 1.29 is 4.79 Å². The molecule has 2 rings (SSSR count). The second-order valence-corrected chi connectivity index (χ2v) is 4.78. The normalized spacial score (nSPS) is 20.8. The van der Waals surface area contributed by atoms with E-state index in [-0.39, 0.29) is 11.9 Å². The first-order valence-electron chi connectivity index (χ1n) is 5.19. The summed E-state index contributed by atoms with van der Waals surface area (Å²) in [6.07, 6.45) is 0. The van der Waals surface area contributed by atoms with Crippen LogP contribution in [-0.2, 0) is 4.79 Å². The van der Waals surface area contributed by atoms with Crippen molar-refractivity contribution in [2.45, 2.75) is 13.0 Å². The van der Waals surface area contributed by atoms with E-state index in [1.807, 2.05) is 30.0 Å². The molecular formula is C11H14BrN3O. The number of carbonyl (C=O) groups is 1. The van der Waals surface area contributed by atoms with Crippen molar-refractivity contribution in [2.24, 2.45) is 0 Å². The van der Waals surface area contributed by atoms with E-state index in [4.69, 9.17) is 5.73 Å². The maximum atomic E-state index is 11.6. The summed E-state index contributed by atoms with van der Waals surface area (Å²) < 4.78 is 0.947. The fourth-order valence-electron chi connectivity index (χ4n) is 1.90. The average molecular weight is 284 g/mol. The molecule has 1 aromatic carbocycles. The first-order chi connectivity index (χ1) is 7.59. The fraction of sp³-hybridized carbons (Fsp3) is 0.364. The van der Waals surface area contributed by atoms with Gasteiger partial charge < -0.3 is 16.0 Å². The molecule has 1 saturated heterocycles. The lowest BCUT2D eigenvalue weighted by Crippen LogP contribution is -2.54. The summed E-state index contributed by atoms with van der Waals surface area (Å²) in [6, 6.07) is 5.56. The minimum absolute atomic E-state index is 0.0496. The van der Waals surface area contributed by atoms with Crippen molar-refractivity contribution in [2.75, 3.05) is 23.7 Å². The second kappa shape index (κ2) is 4.33. The minimum atomic E-state index is -0.169. The van der Waals surface area contributed by atoms with Crippen LogP contribution >= 0.6 is 15.9 Å². The van der Waals surface area contributed by atoms with Gasteiger partial charge in [0.2, 0.25) is 5.91 Å². The number of nitrogens with two attached hydrogens (primary N) is 1. The number of amides is 1. The van der Waals surface area contributed by atoms with Crippen LogP contribution in [0.3, 0.4) is 0 Å². The van der Waals surface area contributed by atoms with Crippen LogP contribution in [0.1, 0.15) is 6.92 Å². The molecule has 86 valence electrons. The number of halogens is 1. The quantitative estimate of drug-likeness (QED) is 0.765. The number of anilines is 2. The number of benzene rings is 1.